The fourth-order valence-corrected chi connectivity index (χ4v) is 5.23. The van der Waals surface area contributed by atoms with E-state index in [2.05, 4.69) is 56.6 Å². The molecule has 3 rings (SSSR count). The van der Waals surface area contributed by atoms with Gasteiger partial charge in [0.15, 0.2) is 5.96 Å². The minimum atomic E-state index is 0.241. The molecule has 2 fully saturated rings. The van der Waals surface area contributed by atoms with Gasteiger partial charge in [0, 0.05) is 50.2 Å². The molecule has 3 heterocycles. The Bertz CT molecular complexity index is 577. The Balaban J connectivity index is 1.47. The van der Waals surface area contributed by atoms with E-state index in [4.69, 9.17) is 0 Å². The molecule has 0 radical (unpaired) electrons. The smallest absolute Gasteiger partial charge is 0.191 e. The van der Waals surface area contributed by atoms with Crippen molar-refractivity contribution < 1.29 is 0 Å². The molecule has 144 valence electrons. The Hall–Kier alpha value is -1.47. The van der Waals surface area contributed by atoms with Crippen LogP contribution in [0.25, 0.3) is 0 Å². The van der Waals surface area contributed by atoms with Crippen molar-refractivity contribution in [1.29, 1.82) is 0 Å². The van der Waals surface area contributed by atoms with Crippen LogP contribution in [0.3, 0.4) is 0 Å². The van der Waals surface area contributed by atoms with Crippen LogP contribution in [0.5, 0.6) is 0 Å². The molecule has 1 atom stereocenters. The molecule has 26 heavy (non-hydrogen) atoms. The zero-order valence-electron chi connectivity index (χ0n) is 16.2. The van der Waals surface area contributed by atoms with Crippen molar-refractivity contribution >= 4 is 23.5 Å². The number of pyridine rings is 1. The molecule has 2 aliphatic rings. The highest BCUT2D eigenvalue weighted by Crippen LogP contribution is 2.31. The molecule has 0 bridgehead atoms. The number of guanidine groups is 1. The van der Waals surface area contributed by atoms with Gasteiger partial charge in [-0.2, -0.15) is 11.8 Å². The number of hydrogen-bond donors (Lipinski definition) is 2. The predicted octanol–water partition coefficient (Wildman–Crippen LogP) is 1.65. The van der Waals surface area contributed by atoms with Crippen LogP contribution in [-0.4, -0.2) is 79.7 Å². The van der Waals surface area contributed by atoms with Crippen LogP contribution in [0.4, 0.5) is 5.82 Å². The molecule has 0 saturated carbocycles. The lowest BCUT2D eigenvalue weighted by atomic mass is 9.97. The molecule has 2 saturated heterocycles. The van der Waals surface area contributed by atoms with E-state index < -0.39 is 0 Å². The van der Waals surface area contributed by atoms with Crippen LogP contribution >= 0.6 is 11.8 Å². The quantitative estimate of drug-likeness (QED) is 0.602. The third-order valence-corrected chi connectivity index (χ3v) is 6.88. The highest BCUT2D eigenvalue weighted by atomic mass is 32.2. The molecule has 1 aromatic rings. The first-order valence-electron chi connectivity index (χ1n) is 9.51. The fourth-order valence-electron chi connectivity index (χ4n) is 3.68. The van der Waals surface area contributed by atoms with E-state index >= 15 is 0 Å². The molecule has 1 unspecified atom stereocenters. The Kier molecular flexibility index (Phi) is 6.64. The maximum Gasteiger partial charge on any atom is 0.191 e. The van der Waals surface area contributed by atoms with Gasteiger partial charge in [0.1, 0.15) is 5.82 Å². The zero-order valence-corrected chi connectivity index (χ0v) is 17.1. The second kappa shape index (κ2) is 8.95. The summed E-state index contributed by atoms with van der Waals surface area (Å²) < 4.78 is 0. The lowest BCUT2D eigenvalue weighted by Gasteiger charge is -2.37. The molecule has 2 N–H and O–H groups in total. The van der Waals surface area contributed by atoms with E-state index in [9.17, 15) is 0 Å². The van der Waals surface area contributed by atoms with Crippen LogP contribution in [-0.2, 0) is 0 Å². The fraction of sp³-hybridized carbons (Fsp3) is 0.684. The number of nitrogens with zero attached hydrogens (tertiary/aromatic N) is 4. The zero-order chi connectivity index (χ0) is 18.4. The Morgan fingerprint density at radius 3 is 2.77 bits per heavy atom. The average Bonchev–Trinajstić information content (AvgIpc) is 3.17. The third kappa shape index (κ3) is 4.62. The summed E-state index contributed by atoms with van der Waals surface area (Å²) in [4.78, 5) is 13.7. The summed E-state index contributed by atoms with van der Waals surface area (Å²) in [6, 6.07) is 6.58. The van der Waals surface area contributed by atoms with Gasteiger partial charge in [-0.3, -0.25) is 4.99 Å². The van der Waals surface area contributed by atoms with E-state index in [0.717, 1.165) is 44.3 Å². The van der Waals surface area contributed by atoms with Crippen molar-refractivity contribution in [3.8, 4) is 0 Å². The summed E-state index contributed by atoms with van der Waals surface area (Å²) in [7, 11) is 6.25. The predicted molar refractivity (Wildman–Crippen MR) is 112 cm³/mol. The topological polar surface area (TPSA) is 55.8 Å². The number of hydrogen-bond acceptors (Lipinski definition) is 5. The first-order chi connectivity index (χ1) is 12.6. The molecule has 0 aromatic carbocycles. The molecule has 2 aliphatic heterocycles. The summed E-state index contributed by atoms with van der Waals surface area (Å²) in [6.45, 7) is 3.01. The number of anilines is 1. The van der Waals surface area contributed by atoms with Crippen molar-refractivity contribution in [2.24, 2.45) is 4.99 Å². The minimum absolute atomic E-state index is 0.241. The van der Waals surface area contributed by atoms with Crippen molar-refractivity contribution in [3.05, 3.63) is 24.4 Å². The number of nitrogens with one attached hydrogen (secondary N) is 2. The van der Waals surface area contributed by atoms with Gasteiger partial charge in [-0.1, -0.05) is 6.07 Å². The Morgan fingerprint density at radius 1 is 1.38 bits per heavy atom. The minimum Gasteiger partial charge on any atom is -0.356 e. The van der Waals surface area contributed by atoms with Crippen molar-refractivity contribution in [1.82, 2.24) is 20.5 Å². The molecule has 7 heteroatoms. The average molecular weight is 377 g/mol. The highest BCUT2D eigenvalue weighted by molar-refractivity contribution is 7.99. The van der Waals surface area contributed by atoms with Crippen LogP contribution < -0.4 is 15.5 Å². The Morgan fingerprint density at radius 2 is 2.19 bits per heavy atom. The SMILES string of the molecule is CN=C(NCC1(N(C)C)CCSC1)NC1CCN(c2ccccn2)CC1. The Labute approximate surface area is 161 Å². The molecule has 1 aromatic heterocycles. The van der Waals surface area contributed by atoms with Gasteiger partial charge in [-0.25, -0.2) is 4.98 Å². The number of thioether (sulfide) groups is 1. The first kappa shape index (κ1) is 19.3. The lowest BCUT2D eigenvalue weighted by molar-refractivity contribution is 0.182. The van der Waals surface area contributed by atoms with E-state index in [0.29, 0.717) is 6.04 Å². The molecule has 6 nitrogen and oxygen atoms in total. The molecule has 0 amide bonds. The van der Waals surface area contributed by atoms with Gasteiger partial charge >= 0.3 is 0 Å². The number of aromatic nitrogens is 1. The van der Waals surface area contributed by atoms with Crippen molar-refractivity contribution in [3.63, 3.8) is 0 Å². The van der Waals surface area contributed by atoms with Crippen molar-refractivity contribution in [2.45, 2.75) is 30.8 Å². The molecular weight excluding hydrogens is 344 g/mol. The second-order valence-corrected chi connectivity index (χ2v) is 8.55. The van der Waals surface area contributed by atoms with Crippen LogP contribution in [0.2, 0.25) is 0 Å². The standard InChI is InChI=1S/C19H32N6S/c1-20-18(22-14-19(24(2)3)9-13-26-15-19)23-16-7-11-25(12-8-16)17-6-4-5-10-21-17/h4-6,10,16H,7-9,11-15H2,1-3H3,(H2,20,22,23). The molecule has 0 aliphatic carbocycles. The van der Waals surface area contributed by atoms with Gasteiger partial charge in [0.2, 0.25) is 0 Å². The van der Waals surface area contributed by atoms with Gasteiger partial charge in [-0.05, 0) is 51.2 Å². The number of rotatable bonds is 5. The maximum atomic E-state index is 4.47. The van der Waals surface area contributed by atoms with E-state index in [-0.39, 0.29) is 5.54 Å². The number of aliphatic imine (C=N–C) groups is 1. The maximum absolute atomic E-state index is 4.47. The third-order valence-electron chi connectivity index (χ3n) is 5.65. The summed E-state index contributed by atoms with van der Waals surface area (Å²) >= 11 is 2.05. The van der Waals surface area contributed by atoms with Crippen molar-refractivity contribution in [2.75, 3.05) is 57.2 Å². The van der Waals surface area contributed by atoms with Crippen LogP contribution in [0, 0.1) is 0 Å². The molecule has 0 spiro atoms. The van der Waals surface area contributed by atoms with Gasteiger partial charge < -0.3 is 20.4 Å². The highest BCUT2D eigenvalue weighted by Gasteiger charge is 2.36. The van der Waals surface area contributed by atoms with E-state index in [1.165, 1.54) is 17.9 Å². The summed E-state index contributed by atoms with van der Waals surface area (Å²) in [5.41, 5.74) is 0.241. The van der Waals surface area contributed by atoms with Gasteiger partial charge in [0.25, 0.3) is 0 Å². The monoisotopic (exact) mass is 376 g/mol. The second-order valence-electron chi connectivity index (χ2n) is 7.44. The van der Waals surface area contributed by atoms with Crippen LogP contribution in [0.15, 0.2) is 29.4 Å². The summed E-state index contributed by atoms with van der Waals surface area (Å²) in [5, 5.41) is 7.21. The lowest BCUT2D eigenvalue weighted by Crippen LogP contribution is -2.56. The van der Waals surface area contributed by atoms with E-state index in [1.54, 1.807) is 0 Å². The van der Waals surface area contributed by atoms with Gasteiger partial charge in [0.05, 0.1) is 0 Å². The normalized spacial score (nSPS) is 24.9. The first-order valence-corrected chi connectivity index (χ1v) is 10.7. The van der Waals surface area contributed by atoms with E-state index in [1.807, 2.05) is 31.1 Å². The van der Waals surface area contributed by atoms with Gasteiger partial charge in [-0.15, -0.1) is 0 Å². The molecular formula is C19H32N6S. The summed E-state index contributed by atoms with van der Waals surface area (Å²) in [6.07, 6.45) is 5.31. The number of likely N-dealkylation sites (N-methyl/N-ethyl adjacent to an activating group) is 1. The summed E-state index contributed by atoms with van der Waals surface area (Å²) in [5.74, 6) is 4.45. The van der Waals surface area contributed by atoms with Crippen LogP contribution in [0.1, 0.15) is 19.3 Å². The number of piperidine rings is 1. The largest absolute Gasteiger partial charge is 0.356 e.